The number of nitrogens with zero attached hydrogens (tertiary/aromatic N) is 2. The minimum atomic E-state index is -0.390. The summed E-state index contributed by atoms with van der Waals surface area (Å²) in [5.74, 6) is 0.186. The minimum Gasteiger partial charge on any atom is -0.466 e. The number of aryl methyl sites for hydroxylation is 1. The molecule has 9 heteroatoms. The highest BCUT2D eigenvalue weighted by molar-refractivity contribution is 7.98. The van der Waals surface area contributed by atoms with Crippen LogP contribution < -0.4 is 16.2 Å². The number of fused-ring (bicyclic) bond motifs is 1. The Morgan fingerprint density at radius 1 is 1.03 bits per heavy atom. The van der Waals surface area contributed by atoms with E-state index in [0.29, 0.717) is 35.1 Å². The highest BCUT2D eigenvalue weighted by Crippen LogP contribution is 2.29. The number of hydrogen-bond acceptors (Lipinski definition) is 6. The van der Waals surface area contributed by atoms with Gasteiger partial charge in [0.2, 0.25) is 0 Å². The number of anilines is 2. The standard InChI is InChI=1S/C27H26N4O4S/c1-3-35-26(33)14-19-9-11-20(12-10-19)29-27(34)30-22-6-4-5-7-23(22)36-17-21-15-25(32)31-16-18(2)8-13-24(31)28-21/h4-13,15-16H,3,14,17H2,1-2H3,(H2,29,30,34). The van der Waals surface area contributed by atoms with Crippen LogP contribution in [0.1, 0.15) is 23.7 Å². The van der Waals surface area contributed by atoms with Crippen molar-refractivity contribution in [1.82, 2.24) is 9.38 Å². The first-order chi connectivity index (χ1) is 17.4. The normalized spacial score (nSPS) is 10.7. The van der Waals surface area contributed by atoms with Gasteiger partial charge >= 0.3 is 12.0 Å². The summed E-state index contributed by atoms with van der Waals surface area (Å²) in [6.45, 7) is 4.04. The van der Waals surface area contributed by atoms with Crippen molar-refractivity contribution >= 4 is 40.8 Å². The van der Waals surface area contributed by atoms with Crippen molar-refractivity contribution in [3.8, 4) is 0 Å². The van der Waals surface area contributed by atoms with Crippen molar-refractivity contribution in [3.05, 3.63) is 100 Å². The molecule has 36 heavy (non-hydrogen) atoms. The molecule has 184 valence electrons. The molecule has 2 heterocycles. The molecule has 0 bridgehead atoms. The fraction of sp³-hybridized carbons (Fsp3) is 0.185. The van der Waals surface area contributed by atoms with E-state index >= 15 is 0 Å². The Hall–Kier alpha value is -4.11. The Balaban J connectivity index is 1.39. The molecule has 2 amide bonds. The molecule has 2 N–H and O–H groups in total. The molecule has 2 aromatic carbocycles. The van der Waals surface area contributed by atoms with E-state index in [-0.39, 0.29) is 17.9 Å². The number of benzene rings is 2. The number of nitrogens with one attached hydrogen (secondary N) is 2. The summed E-state index contributed by atoms with van der Waals surface area (Å²) in [4.78, 5) is 42.1. The largest absolute Gasteiger partial charge is 0.466 e. The lowest BCUT2D eigenvalue weighted by molar-refractivity contribution is -0.142. The molecule has 2 aromatic heterocycles. The van der Waals surface area contributed by atoms with Crippen LogP contribution in [0.3, 0.4) is 0 Å². The van der Waals surface area contributed by atoms with Crippen molar-refractivity contribution in [2.45, 2.75) is 30.9 Å². The molecule has 0 saturated carbocycles. The number of rotatable bonds is 8. The Morgan fingerprint density at radius 2 is 1.81 bits per heavy atom. The van der Waals surface area contributed by atoms with Crippen molar-refractivity contribution in [3.63, 3.8) is 0 Å². The number of esters is 1. The molecule has 0 saturated heterocycles. The summed E-state index contributed by atoms with van der Waals surface area (Å²) in [7, 11) is 0. The number of thioether (sulfide) groups is 1. The van der Waals surface area contributed by atoms with Gasteiger partial charge in [0, 0.05) is 28.6 Å². The molecule has 0 spiro atoms. The first-order valence-corrected chi connectivity index (χ1v) is 12.4. The third kappa shape index (κ3) is 6.51. The molecule has 0 radical (unpaired) electrons. The molecule has 4 rings (SSSR count). The van der Waals surface area contributed by atoms with Gasteiger partial charge in [-0.05, 0) is 55.3 Å². The summed E-state index contributed by atoms with van der Waals surface area (Å²) in [5, 5.41) is 5.67. The molecular formula is C27H26N4O4S. The summed E-state index contributed by atoms with van der Waals surface area (Å²) in [5.41, 5.74) is 4.17. The average Bonchev–Trinajstić information content (AvgIpc) is 2.85. The summed E-state index contributed by atoms with van der Waals surface area (Å²) in [6, 6.07) is 19.4. The van der Waals surface area contributed by atoms with Crippen LogP contribution in [-0.4, -0.2) is 28.0 Å². The van der Waals surface area contributed by atoms with E-state index in [1.54, 1.807) is 37.4 Å². The molecule has 4 aromatic rings. The van der Waals surface area contributed by atoms with Crippen molar-refractivity contribution in [2.24, 2.45) is 0 Å². The van der Waals surface area contributed by atoms with E-state index in [2.05, 4.69) is 15.6 Å². The molecule has 0 aliphatic rings. The van der Waals surface area contributed by atoms with Crippen LogP contribution >= 0.6 is 11.8 Å². The van der Waals surface area contributed by atoms with Crippen molar-refractivity contribution < 1.29 is 14.3 Å². The fourth-order valence-electron chi connectivity index (χ4n) is 3.55. The topological polar surface area (TPSA) is 102 Å². The number of ether oxygens (including phenoxy) is 1. The predicted molar refractivity (Wildman–Crippen MR) is 142 cm³/mol. The second kappa shape index (κ2) is 11.5. The smallest absolute Gasteiger partial charge is 0.323 e. The number of para-hydroxylation sites is 1. The number of hydrogen-bond donors (Lipinski definition) is 2. The molecule has 0 aliphatic heterocycles. The van der Waals surface area contributed by atoms with Gasteiger partial charge in [-0.15, -0.1) is 11.8 Å². The highest BCUT2D eigenvalue weighted by atomic mass is 32.2. The van der Waals surface area contributed by atoms with Crippen molar-refractivity contribution in [2.75, 3.05) is 17.2 Å². The lowest BCUT2D eigenvalue weighted by atomic mass is 10.1. The maximum atomic E-state index is 12.6. The number of carbonyl (C=O) groups is 2. The summed E-state index contributed by atoms with van der Waals surface area (Å²) < 4.78 is 6.49. The first kappa shape index (κ1) is 25.0. The number of aromatic nitrogens is 2. The molecule has 0 atom stereocenters. The summed E-state index contributed by atoms with van der Waals surface area (Å²) >= 11 is 1.48. The van der Waals surface area contributed by atoms with Crippen LogP contribution in [0.5, 0.6) is 0 Å². The lowest BCUT2D eigenvalue weighted by Crippen LogP contribution is -2.19. The lowest BCUT2D eigenvalue weighted by Gasteiger charge is -2.12. The average molecular weight is 503 g/mol. The molecule has 0 fully saturated rings. The zero-order valence-electron chi connectivity index (χ0n) is 20.0. The van der Waals surface area contributed by atoms with E-state index in [1.165, 1.54) is 22.2 Å². The van der Waals surface area contributed by atoms with Crippen LogP contribution in [-0.2, 0) is 21.7 Å². The zero-order chi connectivity index (χ0) is 25.5. The fourth-order valence-corrected chi connectivity index (χ4v) is 4.45. The van der Waals surface area contributed by atoms with Gasteiger partial charge in [0.1, 0.15) is 5.65 Å². The quantitative estimate of drug-likeness (QED) is 0.258. The van der Waals surface area contributed by atoms with E-state index < -0.39 is 6.03 Å². The second-order valence-corrected chi connectivity index (χ2v) is 9.08. The van der Waals surface area contributed by atoms with Gasteiger partial charge in [-0.25, -0.2) is 9.78 Å². The predicted octanol–water partition coefficient (Wildman–Crippen LogP) is 5.04. The Morgan fingerprint density at radius 3 is 2.58 bits per heavy atom. The van der Waals surface area contributed by atoms with Gasteiger partial charge in [-0.3, -0.25) is 14.0 Å². The number of urea groups is 1. The van der Waals surface area contributed by atoms with Gasteiger partial charge in [0.05, 0.1) is 24.4 Å². The van der Waals surface area contributed by atoms with Gasteiger partial charge in [-0.2, -0.15) is 0 Å². The number of carbonyl (C=O) groups excluding carboxylic acids is 2. The number of pyridine rings is 1. The van der Waals surface area contributed by atoms with E-state index in [1.807, 2.05) is 43.3 Å². The van der Waals surface area contributed by atoms with Crippen LogP contribution in [0.2, 0.25) is 0 Å². The van der Waals surface area contributed by atoms with Crippen LogP contribution in [0.4, 0.5) is 16.2 Å². The molecule has 8 nitrogen and oxygen atoms in total. The van der Waals surface area contributed by atoms with Crippen LogP contribution in [0.25, 0.3) is 5.65 Å². The Bertz CT molecular complexity index is 1450. The second-order valence-electron chi connectivity index (χ2n) is 8.06. The molecular weight excluding hydrogens is 476 g/mol. The van der Waals surface area contributed by atoms with Crippen molar-refractivity contribution in [1.29, 1.82) is 0 Å². The first-order valence-electron chi connectivity index (χ1n) is 11.4. The van der Waals surface area contributed by atoms with Gasteiger partial charge in [0.25, 0.3) is 5.56 Å². The van der Waals surface area contributed by atoms with Crippen LogP contribution in [0, 0.1) is 6.92 Å². The van der Waals surface area contributed by atoms with Gasteiger partial charge in [0.15, 0.2) is 0 Å². The molecule has 0 unspecified atom stereocenters. The Labute approximate surface area is 212 Å². The zero-order valence-corrected chi connectivity index (χ0v) is 20.8. The third-order valence-electron chi connectivity index (χ3n) is 5.24. The van der Waals surface area contributed by atoms with Gasteiger partial charge < -0.3 is 15.4 Å². The molecule has 0 aliphatic carbocycles. The third-order valence-corrected chi connectivity index (χ3v) is 6.34. The van der Waals surface area contributed by atoms with E-state index in [0.717, 1.165) is 16.0 Å². The van der Waals surface area contributed by atoms with Gasteiger partial charge in [-0.1, -0.05) is 30.3 Å². The maximum Gasteiger partial charge on any atom is 0.323 e. The minimum absolute atomic E-state index is 0.127. The maximum absolute atomic E-state index is 12.6. The number of amides is 2. The van der Waals surface area contributed by atoms with E-state index in [9.17, 15) is 14.4 Å². The van der Waals surface area contributed by atoms with Crippen LogP contribution in [0.15, 0.2) is 82.6 Å². The SMILES string of the molecule is CCOC(=O)Cc1ccc(NC(=O)Nc2ccccc2SCc2cc(=O)n3cc(C)ccc3n2)cc1. The highest BCUT2D eigenvalue weighted by Gasteiger charge is 2.10. The van der Waals surface area contributed by atoms with E-state index in [4.69, 9.17) is 4.74 Å². The summed E-state index contributed by atoms with van der Waals surface area (Å²) in [6.07, 6.45) is 1.95. The monoisotopic (exact) mass is 502 g/mol. The Kier molecular flexibility index (Phi) is 8.02.